The van der Waals surface area contributed by atoms with Crippen LogP contribution in [-0.2, 0) is 21.2 Å². The number of hydrogen-bond acceptors (Lipinski definition) is 3. The number of rotatable bonds is 6. The third kappa shape index (κ3) is 3.98. The highest BCUT2D eigenvalue weighted by atomic mass is 32.2. The van der Waals surface area contributed by atoms with E-state index in [0.717, 1.165) is 24.8 Å². The fourth-order valence-corrected chi connectivity index (χ4v) is 4.73. The van der Waals surface area contributed by atoms with E-state index in [9.17, 15) is 13.2 Å². The lowest BCUT2D eigenvalue weighted by molar-refractivity contribution is -0.136. The van der Waals surface area contributed by atoms with Crippen LogP contribution in [0.2, 0.25) is 0 Å². The van der Waals surface area contributed by atoms with Gasteiger partial charge in [-0.05, 0) is 50.8 Å². The average molecular weight is 353 g/mol. The van der Waals surface area contributed by atoms with Crippen LogP contribution >= 0.6 is 0 Å². The number of hydrogen-bond donors (Lipinski definition) is 0. The van der Waals surface area contributed by atoms with Crippen molar-refractivity contribution in [2.24, 2.45) is 5.92 Å². The molecule has 1 unspecified atom stereocenters. The molecule has 5 nitrogen and oxygen atoms in total. The Labute approximate surface area is 145 Å². The molecule has 134 valence electrons. The molecule has 1 aliphatic heterocycles. The summed E-state index contributed by atoms with van der Waals surface area (Å²) in [7, 11) is -3.53. The number of nitrogens with zero attached hydrogens (tertiary/aromatic N) is 2. The summed E-state index contributed by atoms with van der Waals surface area (Å²) in [5, 5.41) is 0. The van der Waals surface area contributed by atoms with Gasteiger partial charge in [0.1, 0.15) is 0 Å². The summed E-state index contributed by atoms with van der Waals surface area (Å²) in [5.41, 5.74) is 1.11. The van der Waals surface area contributed by atoms with Gasteiger partial charge in [0.25, 0.3) is 0 Å². The fourth-order valence-electron chi connectivity index (χ4n) is 3.20. The highest BCUT2D eigenvalue weighted by Crippen LogP contribution is 2.25. The van der Waals surface area contributed by atoms with Gasteiger partial charge in [-0.2, -0.15) is 4.31 Å². The van der Waals surface area contributed by atoms with Crippen LogP contribution in [0.3, 0.4) is 0 Å². The van der Waals surface area contributed by atoms with Crippen LogP contribution in [-0.4, -0.2) is 49.7 Å². The van der Waals surface area contributed by atoms with Gasteiger partial charge < -0.3 is 4.90 Å². The van der Waals surface area contributed by atoms with E-state index in [2.05, 4.69) is 0 Å². The van der Waals surface area contributed by atoms with Crippen LogP contribution in [0.4, 0.5) is 0 Å². The first-order valence-electron chi connectivity index (χ1n) is 8.81. The summed E-state index contributed by atoms with van der Waals surface area (Å²) in [4.78, 5) is 14.7. The molecule has 6 heteroatoms. The molecule has 0 spiro atoms. The average Bonchev–Trinajstić information content (AvgIpc) is 2.62. The smallest absolute Gasteiger partial charge is 0.243 e. The van der Waals surface area contributed by atoms with Crippen LogP contribution in [0, 0.1) is 5.92 Å². The summed E-state index contributed by atoms with van der Waals surface area (Å²) in [6.45, 7) is 8.04. The Morgan fingerprint density at radius 2 is 1.79 bits per heavy atom. The first-order valence-corrected chi connectivity index (χ1v) is 10.3. The Morgan fingerprint density at radius 3 is 2.33 bits per heavy atom. The molecule has 1 saturated heterocycles. The minimum absolute atomic E-state index is 0.0706. The van der Waals surface area contributed by atoms with Crippen molar-refractivity contribution in [3.05, 3.63) is 29.8 Å². The van der Waals surface area contributed by atoms with Crippen molar-refractivity contribution in [1.82, 2.24) is 9.21 Å². The molecule has 1 amide bonds. The molecule has 24 heavy (non-hydrogen) atoms. The quantitative estimate of drug-likeness (QED) is 0.790. The van der Waals surface area contributed by atoms with Crippen molar-refractivity contribution in [2.75, 3.05) is 26.2 Å². The summed E-state index contributed by atoms with van der Waals surface area (Å²) >= 11 is 0. The third-order valence-electron chi connectivity index (χ3n) is 4.78. The molecule has 0 radical (unpaired) electrons. The van der Waals surface area contributed by atoms with E-state index in [4.69, 9.17) is 0 Å². The van der Waals surface area contributed by atoms with Crippen molar-refractivity contribution in [1.29, 1.82) is 0 Å². The Kier molecular flexibility index (Phi) is 6.40. The van der Waals surface area contributed by atoms with Gasteiger partial charge in [-0.25, -0.2) is 8.42 Å². The van der Waals surface area contributed by atoms with Crippen LogP contribution in [0.1, 0.15) is 39.2 Å². The largest absolute Gasteiger partial charge is 0.343 e. The standard InChI is InChI=1S/C18H28N2O3S/c1-4-15-9-11-17(12-10-15)24(22,23)20-13-7-8-16(14-20)18(21)19(5-2)6-3/h9-12,16H,4-8,13-14H2,1-3H3. The lowest BCUT2D eigenvalue weighted by Crippen LogP contribution is -2.46. The van der Waals surface area contributed by atoms with Gasteiger partial charge in [-0.1, -0.05) is 19.1 Å². The Hall–Kier alpha value is -1.40. The lowest BCUT2D eigenvalue weighted by Gasteiger charge is -2.33. The van der Waals surface area contributed by atoms with Crippen molar-refractivity contribution < 1.29 is 13.2 Å². The molecular weight excluding hydrogens is 324 g/mol. The molecule has 0 aromatic heterocycles. The third-order valence-corrected chi connectivity index (χ3v) is 6.66. The molecule has 0 bridgehead atoms. The number of sulfonamides is 1. The van der Waals surface area contributed by atoms with Crippen molar-refractivity contribution in [3.63, 3.8) is 0 Å². The zero-order chi connectivity index (χ0) is 17.7. The first-order chi connectivity index (χ1) is 11.4. The van der Waals surface area contributed by atoms with E-state index in [1.807, 2.05) is 32.9 Å². The van der Waals surface area contributed by atoms with Gasteiger partial charge in [0.2, 0.25) is 15.9 Å². The van der Waals surface area contributed by atoms with Crippen molar-refractivity contribution in [3.8, 4) is 0 Å². The molecule has 1 atom stereocenters. The van der Waals surface area contributed by atoms with E-state index >= 15 is 0 Å². The molecule has 1 aliphatic rings. The molecular formula is C18H28N2O3S. The maximum absolute atomic E-state index is 12.9. The van der Waals surface area contributed by atoms with E-state index in [0.29, 0.717) is 24.5 Å². The minimum Gasteiger partial charge on any atom is -0.343 e. The van der Waals surface area contributed by atoms with Crippen LogP contribution in [0.5, 0.6) is 0 Å². The van der Waals surface area contributed by atoms with Gasteiger partial charge in [0.05, 0.1) is 10.8 Å². The maximum atomic E-state index is 12.9. The molecule has 1 aromatic carbocycles. The molecule has 1 fully saturated rings. The zero-order valence-corrected chi connectivity index (χ0v) is 15.7. The van der Waals surface area contributed by atoms with Gasteiger partial charge in [0.15, 0.2) is 0 Å². The number of carbonyl (C=O) groups excluding carboxylic acids is 1. The van der Waals surface area contributed by atoms with Crippen LogP contribution in [0.15, 0.2) is 29.2 Å². The van der Waals surface area contributed by atoms with E-state index < -0.39 is 10.0 Å². The molecule has 0 saturated carbocycles. The Balaban J connectivity index is 2.16. The highest BCUT2D eigenvalue weighted by Gasteiger charge is 2.34. The second-order valence-electron chi connectivity index (χ2n) is 6.21. The number of carbonyl (C=O) groups is 1. The second kappa shape index (κ2) is 8.12. The molecule has 2 rings (SSSR count). The van der Waals surface area contributed by atoms with Crippen molar-refractivity contribution >= 4 is 15.9 Å². The summed E-state index contributed by atoms with van der Waals surface area (Å²) in [5.74, 6) is -0.162. The summed E-state index contributed by atoms with van der Waals surface area (Å²) < 4.78 is 27.2. The topological polar surface area (TPSA) is 57.7 Å². The number of piperidine rings is 1. The first kappa shape index (κ1) is 18.9. The normalized spacial score (nSPS) is 19.2. The van der Waals surface area contributed by atoms with Gasteiger partial charge >= 0.3 is 0 Å². The minimum atomic E-state index is -3.53. The number of aryl methyl sites for hydroxylation is 1. The monoisotopic (exact) mass is 352 g/mol. The molecule has 1 aromatic rings. The summed E-state index contributed by atoms with van der Waals surface area (Å²) in [6, 6.07) is 7.05. The second-order valence-corrected chi connectivity index (χ2v) is 8.15. The Morgan fingerprint density at radius 1 is 1.17 bits per heavy atom. The van der Waals surface area contributed by atoms with Gasteiger partial charge in [-0.15, -0.1) is 0 Å². The lowest BCUT2D eigenvalue weighted by atomic mass is 9.98. The predicted molar refractivity (Wildman–Crippen MR) is 95.2 cm³/mol. The van der Waals surface area contributed by atoms with Gasteiger partial charge in [-0.3, -0.25) is 4.79 Å². The van der Waals surface area contributed by atoms with Gasteiger partial charge in [0, 0.05) is 26.2 Å². The zero-order valence-electron chi connectivity index (χ0n) is 14.9. The Bertz CT molecular complexity index is 651. The SMILES string of the molecule is CCc1ccc(S(=O)(=O)N2CCCC(C(=O)N(CC)CC)C2)cc1. The molecule has 0 N–H and O–H groups in total. The van der Waals surface area contributed by atoms with Crippen LogP contribution < -0.4 is 0 Å². The maximum Gasteiger partial charge on any atom is 0.243 e. The molecule has 0 aliphatic carbocycles. The number of benzene rings is 1. The van der Waals surface area contributed by atoms with Crippen molar-refractivity contribution in [2.45, 2.75) is 44.9 Å². The van der Waals surface area contributed by atoms with E-state index in [1.165, 1.54) is 4.31 Å². The van der Waals surface area contributed by atoms with E-state index in [-0.39, 0.29) is 18.4 Å². The molecule has 1 heterocycles. The highest BCUT2D eigenvalue weighted by molar-refractivity contribution is 7.89. The fraction of sp³-hybridized carbons (Fsp3) is 0.611. The van der Waals surface area contributed by atoms with Crippen LogP contribution in [0.25, 0.3) is 0 Å². The van der Waals surface area contributed by atoms with E-state index in [1.54, 1.807) is 17.0 Å². The number of amides is 1. The predicted octanol–water partition coefficient (Wildman–Crippen LogP) is 2.52. The summed E-state index contributed by atoms with van der Waals surface area (Å²) in [6.07, 6.45) is 2.37.